The molecule has 7 heteroatoms. The van der Waals surface area contributed by atoms with E-state index < -0.39 is 14.8 Å². The highest BCUT2D eigenvalue weighted by molar-refractivity contribution is 7.91. The van der Waals surface area contributed by atoms with Gasteiger partial charge in [0, 0.05) is 25.2 Å². The fourth-order valence-corrected chi connectivity index (χ4v) is 4.46. The van der Waals surface area contributed by atoms with Crippen molar-refractivity contribution in [2.24, 2.45) is 0 Å². The minimum Gasteiger partial charge on any atom is -0.299 e. The van der Waals surface area contributed by atoms with Crippen molar-refractivity contribution in [3.05, 3.63) is 69.8 Å². The average molecular weight is 360 g/mol. The second kappa shape index (κ2) is 7.33. The summed E-state index contributed by atoms with van der Waals surface area (Å²) >= 11 is 0. The standard InChI is InChI=1S/C18H20N2O4S/c21-20(22)17-7-3-8-18(13-17)25(23,24)12-4-10-19-11-9-15-5-1-2-6-16(15)14-19/h1-3,5-8,13H,4,9-12,14H2. The van der Waals surface area contributed by atoms with E-state index in [2.05, 4.69) is 17.0 Å². The second-order valence-corrected chi connectivity index (χ2v) is 8.33. The summed E-state index contributed by atoms with van der Waals surface area (Å²) in [5.41, 5.74) is 2.46. The van der Waals surface area contributed by atoms with Crippen molar-refractivity contribution in [1.29, 1.82) is 0 Å². The number of rotatable bonds is 6. The zero-order chi connectivity index (χ0) is 17.9. The topological polar surface area (TPSA) is 80.5 Å². The Morgan fingerprint density at radius 3 is 2.60 bits per heavy atom. The molecule has 0 spiro atoms. The third-order valence-corrected chi connectivity index (χ3v) is 6.28. The number of nitrogens with zero attached hydrogens (tertiary/aromatic N) is 2. The molecule has 0 amide bonds. The lowest BCUT2D eigenvalue weighted by atomic mass is 10.00. The van der Waals surface area contributed by atoms with E-state index in [0.717, 1.165) is 25.6 Å². The van der Waals surface area contributed by atoms with Crippen LogP contribution >= 0.6 is 0 Å². The van der Waals surface area contributed by atoms with Crippen molar-refractivity contribution in [3.63, 3.8) is 0 Å². The molecule has 0 aliphatic carbocycles. The Balaban J connectivity index is 1.58. The van der Waals surface area contributed by atoms with Crippen LogP contribution in [0.15, 0.2) is 53.4 Å². The first-order chi connectivity index (χ1) is 12.0. The second-order valence-electron chi connectivity index (χ2n) is 6.22. The van der Waals surface area contributed by atoms with Gasteiger partial charge in [0.1, 0.15) is 0 Å². The molecule has 0 radical (unpaired) electrons. The molecule has 1 aliphatic rings. The number of benzene rings is 2. The molecule has 0 aromatic heterocycles. The molecule has 25 heavy (non-hydrogen) atoms. The van der Waals surface area contributed by atoms with Crippen LogP contribution in [0.4, 0.5) is 5.69 Å². The maximum Gasteiger partial charge on any atom is 0.270 e. The molecule has 0 fully saturated rings. The first-order valence-corrected chi connectivity index (χ1v) is 9.87. The highest BCUT2D eigenvalue weighted by Gasteiger charge is 2.19. The Morgan fingerprint density at radius 2 is 1.84 bits per heavy atom. The minimum absolute atomic E-state index is 0.00762. The van der Waals surface area contributed by atoms with Crippen LogP contribution in [-0.2, 0) is 22.8 Å². The zero-order valence-corrected chi connectivity index (χ0v) is 14.6. The van der Waals surface area contributed by atoms with E-state index in [9.17, 15) is 18.5 Å². The van der Waals surface area contributed by atoms with Crippen LogP contribution in [0.1, 0.15) is 17.5 Å². The van der Waals surface area contributed by atoms with E-state index in [4.69, 9.17) is 0 Å². The number of nitro groups is 1. The number of non-ortho nitro benzene ring substituents is 1. The Kier molecular flexibility index (Phi) is 5.15. The number of nitro benzene ring substituents is 1. The molecule has 0 atom stereocenters. The van der Waals surface area contributed by atoms with E-state index in [1.165, 1.54) is 29.3 Å². The monoisotopic (exact) mass is 360 g/mol. The van der Waals surface area contributed by atoms with Crippen molar-refractivity contribution >= 4 is 15.5 Å². The molecule has 2 aromatic rings. The summed E-state index contributed by atoms with van der Waals surface area (Å²) in [6.07, 6.45) is 1.49. The van der Waals surface area contributed by atoms with Gasteiger partial charge in [0.05, 0.1) is 15.6 Å². The predicted octanol–water partition coefficient (Wildman–Crippen LogP) is 2.82. The van der Waals surface area contributed by atoms with E-state index in [1.807, 2.05) is 12.1 Å². The molecule has 0 unspecified atom stereocenters. The Labute approximate surface area is 147 Å². The maximum atomic E-state index is 12.4. The van der Waals surface area contributed by atoms with E-state index >= 15 is 0 Å². The normalized spacial score (nSPS) is 14.9. The molecule has 1 heterocycles. The Bertz CT molecular complexity index is 880. The van der Waals surface area contributed by atoms with Crippen LogP contribution in [0.3, 0.4) is 0 Å². The summed E-state index contributed by atoms with van der Waals surface area (Å²) in [7, 11) is -3.51. The molecule has 132 valence electrons. The van der Waals surface area contributed by atoms with Crippen molar-refractivity contribution in [3.8, 4) is 0 Å². The fourth-order valence-electron chi connectivity index (χ4n) is 3.13. The predicted molar refractivity (Wildman–Crippen MR) is 95.2 cm³/mol. The average Bonchev–Trinajstić information content (AvgIpc) is 2.61. The van der Waals surface area contributed by atoms with E-state index in [1.54, 1.807) is 0 Å². The van der Waals surface area contributed by atoms with Crippen molar-refractivity contribution < 1.29 is 13.3 Å². The lowest BCUT2D eigenvalue weighted by Crippen LogP contribution is -2.32. The molecule has 0 N–H and O–H groups in total. The van der Waals surface area contributed by atoms with Gasteiger partial charge in [-0.05, 0) is 36.6 Å². The van der Waals surface area contributed by atoms with Crippen LogP contribution in [0.5, 0.6) is 0 Å². The van der Waals surface area contributed by atoms with Gasteiger partial charge < -0.3 is 0 Å². The third-order valence-electron chi connectivity index (χ3n) is 4.48. The van der Waals surface area contributed by atoms with Gasteiger partial charge in [-0.25, -0.2) is 8.42 Å². The lowest BCUT2D eigenvalue weighted by molar-refractivity contribution is -0.385. The molecule has 0 saturated carbocycles. The molecular formula is C18H20N2O4S. The summed E-state index contributed by atoms with van der Waals surface area (Å²) in [5.74, 6) is -0.00762. The van der Waals surface area contributed by atoms with Gasteiger partial charge in [-0.15, -0.1) is 0 Å². The molecule has 2 aromatic carbocycles. The summed E-state index contributed by atoms with van der Waals surface area (Å²) in [6.45, 7) is 2.46. The molecule has 3 rings (SSSR count). The van der Waals surface area contributed by atoms with Gasteiger partial charge in [-0.3, -0.25) is 15.0 Å². The quantitative estimate of drug-likeness (QED) is 0.584. The molecule has 6 nitrogen and oxygen atoms in total. The lowest BCUT2D eigenvalue weighted by Gasteiger charge is -2.28. The van der Waals surface area contributed by atoms with Crippen molar-refractivity contribution in [2.45, 2.75) is 24.3 Å². The van der Waals surface area contributed by atoms with Gasteiger partial charge in [0.15, 0.2) is 9.84 Å². The Morgan fingerprint density at radius 1 is 1.08 bits per heavy atom. The van der Waals surface area contributed by atoms with Gasteiger partial charge in [0.2, 0.25) is 0 Å². The number of fused-ring (bicyclic) bond motifs is 1. The van der Waals surface area contributed by atoms with Gasteiger partial charge in [-0.1, -0.05) is 30.3 Å². The van der Waals surface area contributed by atoms with E-state index in [-0.39, 0.29) is 16.3 Å². The highest BCUT2D eigenvalue weighted by atomic mass is 32.2. The summed E-state index contributed by atoms with van der Waals surface area (Å²) in [4.78, 5) is 12.5. The minimum atomic E-state index is -3.51. The van der Waals surface area contributed by atoms with Crippen LogP contribution < -0.4 is 0 Å². The summed E-state index contributed by atoms with van der Waals surface area (Å²) in [6, 6.07) is 13.6. The molecule has 1 aliphatic heterocycles. The van der Waals surface area contributed by atoms with Crippen molar-refractivity contribution in [2.75, 3.05) is 18.8 Å². The molecule has 0 saturated heterocycles. The Hall–Kier alpha value is -2.25. The third kappa shape index (κ3) is 4.24. The number of hydrogen-bond donors (Lipinski definition) is 0. The largest absolute Gasteiger partial charge is 0.299 e. The van der Waals surface area contributed by atoms with Crippen LogP contribution in [0.25, 0.3) is 0 Å². The van der Waals surface area contributed by atoms with Crippen LogP contribution in [0.2, 0.25) is 0 Å². The van der Waals surface area contributed by atoms with Crippen LogP contribution in [-0.4, -0.2) is 37.1 Å². The first kappa shape index (κ1) is 17.6. The maximum absolute atomic E-state index is 12.4. The summed E-state index contributed by atoms with van der Waals surface area (Å²) in [5, 5.41) is 10.8. The fraction of sp³-hybridized carbons (Fsp3) is 0.333. The molecule has 0 bridgehead atoms. The molecular weight excluding hydrogens is 340 g/mol. The smallest absolute Gasteiger partial charge is 0.270 e. The van der Waals surface area contributed by atoms with E-state index in [0.29, 0.717) is 13.0 Å². The first-order valence-electron chi connectivity index (χ1n) is 8.22. The van der Waals surface area contributed by atoms with Gasteiger partial charge in [0.25, 0.3) is 5.69 Å². The van der Waals surface area contributed by atoms with Gasteiger partial charge in [-0.2, -0.15) is 0 Å². The van der Waals surface area contributed by atoms with Crippen molar-refractivity contribution in [1.82, 2.24) is 4.90 Å². The van der Waals surface area contributed by atoms with Crippen LogP contribution in [0, 0.1) is 10.1 Å². The highest BCUT2D eigenvalue weighted by Crippen LogP contribution is 2.21. The van der Waals surface area contributed by atoms with Gasteiger partial charge >= 0.3 is 0 Å². The number of hydrogen-bond acceptors (Lipinski definition) is 5. The number of sulfone groups is 1. The zero-order valence-electron chi connectivity index (χ0n) is 13.8. The SMILES string of the molecule is O=[N+]([O-])c1cccc(S(=O)(=O)CCCN2CCc3ccccc3C2)c1. The summed E-state index contributed by atoms with van der Waals surface area (Å²) < 4.78 is 24.8.